The van der Waals surface area contributed by atoms with Crippen molar-refractivity contribution in [2.75, 3.05) is 46.4 Å². The Kier molecular flexibility index (Phi) is 14.1. The van der Waals surface area contributed by atoms with Crippen molar-refractivity contribution in [3.8, 4) is 11.5 Å². The molecule has 1 fully saturated rings. The lowest BCUT2D eigenvalue weighted by molar-refractivity contribution is -0.122. The molecule has 0 aromatic heterocycles. The summed E-state index contributed by atoms with van der Waals surface area (Å²) >= 11 is 0. The van der Waals surface area contributed by atoms with Crippen LogP contribution in [0.4, 0.5) is 0 Å². The third kappa shape index (κ3) is 10.7. The first-order valence-electron chi connectivity index (χ1n) is 11.4. The maximum absolute atomic E-state index is 11.9. The summed E-state index contributed by atoms with van der Waals surface area (Å²) in [5.41, 5.74) is 0. The van der Waals surface area contributed by atoms with E-state index in [9.17, 15) is 4.79 Å². The van der Waals surface area contributed by atoms with E-state index in [1.165, 1.54) is 0 Å². The Bertz CT molecular complexity index is 679. The Morgan fingerprint density at radius 3 is 2.41 bits per heavy atom. The van der Waals surface area contributed by atoms with Gasteiger partial charge < -0.3 is 25.4 Å². The highest BCUT2D eigenvalue weighted by atomic mass is 127. The SMILES string of the molecule is CCCNC(=O)CN1CCC(NC(=NCC(C)Oc2ccc(OC)cc2)NCC)CC1.I. The second-order valence-corrected chi connectivity index (χ2v) is 7.87. The highest BCUT2D eigenvalue weighted by molar-refractivity contribution is 14.0. The molecule has 0 aliphatic carbocycles. The first-order valence-corrected chi connectivity index (χ1v) is 11.4. The zero-order valence-electron chi connectivity index (χ0n) is 19.9. The molecule has 3 N–H and O–H groups in total. The maximum atomic E-state index is 11.9. The number of amides is 1. The summed E-state index contributed by atoms with van der Waals surface area (Å²) in [5, 5.41) is 9.81. The summed E-state index contributed by atoms with van der Waals surface area (Å²) < 4.78 is 11.1. The van der Waals surface area contributed by atoms with Crippen LogP contribution in [0.15, 0.2) is 29.3 Å². The van der Waals surface area contributed by atoms with Gasteiger partial charge in [0.25, 0.3) is 0 Å². The number of guanidine groups is 1. The van der Waals surface area contributed by atoms with Crippen LogP contribution in [0.3, 0.4) is 0 Å². The lowest BCUT2D eigenvalue weighted by atomic mass is 10.1. The number of nitrogens with zero attached hydrogens (tertiary/aromatic N) is 2. The second-order valence-electron chi connectivity index (χ2n) is 7.87. The van der Waals surface area contributed by atoms with Crippen LogP contribution in [-0.2, 0) is 4.79 Å². The Labute approximate surface area is 209 Å². The van der Waals surface area contributed by atoms with Gasteiger partial charge in [0.1, 0.15) is 17.6 Å². The number of halogens is 1. The van der Waals surface area contributed by atoms with Gasteiger partial charge in [0.05, 0.1) is 20.2 Å². The van der Waals surface area contributed by atoms with Crippen LogP contribution in [0.1, 0.15) is 40.0 Å². The molecule has 1 aliphatic rings. The zero-order chi connectivity index (χ0) is 22.5. The van der Waals surface area contributed by atoms with Crippen molar-refractivity contribution >= 4 is 35.8 Å². The van der Waals surface area contributed by atoms with Crippen molar-refractivity contribution < 1.29 is 14.3 Å². The van der Waals surface area contributed by atoms with Gasteiger partial charge >= 0.3 is 0 Å². The smallest absolute Gasteiger partial charge is 0.234 e. The molecule has 182 valence electrons. The van der Waals surface area contributed by atoms with Gasteiger partial charge in [-0.25, -0.2) is 4.99 Å². The van der Waals surface area contributed by atoms with Crippen LogP contribution in [-0.4, -0.2) is 75.3 Å². The Hall–Kier alpha value is -1.75. The van der Waals surface area contributed by atoms with E-state index in [1.54, 1.807) is 7.11 Å². The van der Waals surface area contributed by atoms with E-state index in [4.69, 9.17) is 14.5 Å². The molecule has 1 atom stereocenters. The fraction of sp³-hybridized carbons (Fsp3) is 0.652. The monoisotopic (exact) mass is 561 g/mol. The molecular formula is C23H40IN5O3. The molecule has 1 saturated heterocycles. The summed E-state index contributed by atoms with van der Waals surface area (Å²) in [6, 6.07) is 7.93. The number of carbonyl (C=O) groups is 1. The van der Waals surface area contributed by atoms with Crippen LogP contribution in [0.25, 0.3) is 0 Å². The average Bonchev–Trinajstić information content (AvgIpc) is 2.78. The number of ether oxygens (including phenoxy) is 2. The number of hydrogen-bond acceptors (Lipinski definition) is 5. The number of likely N-dealkylation sites (tertiary alicyclic amines) is 1. The van der Waals surface area contributed by atoms with Gasteiger partial charge in [-0.15, -0.1) is 24.0 Å². The number of piperidine rings is 1. The zero-order valence-corrected chi connectivity index (χ0v) is 22.2. The van der Waals surface area contributed by atoms with E-state index in [1.807, 2.05) is 31.2 Å². The number of hydrogen-bond donors (Lipinski definition) is 3. The fourth-order valence-corrected chi connectivity index (χ4v) is 3.42. The number of nitrogens with one attached hydrogen (secondary N) is 3. The summed E-state index contributed by atoms with van der Waals surface area (Å²) in [6.07, 6.45) is 2.90. The number of methoxy groups -OCH3 is 1. The molecule has 0 bridgehead atoms. The van der Waals surface area contributed by atoms with Crippen LogP contribution >= 0.6 is 24.0 Å². The molecule has 1 unspecified atom stereocenters. The van der Waals surface area contributed by atoms with Gasteiger partial charge in [-0.05, 0) is 57.4 Å². The van der Waals surface area contributed by atoms with E-state index in [-0.39, 0.29) is 36.0 Å². The van der Waals surface area contributed by atoms with Gasteiger partial charge in [-0.2, -0.15) is 0 Å². The van der Waals surface area contributed by atoms with Crippen molar-refractivity contribution in [3.05, 3.63) is 24.3 Å². The number of aliphatic imine (C=N–C) groups is 1. The molecule has 9 heteroatoms. The van der Waals surface area contributed by atoms with Crippen molar-refractivity contribution in [1.82, 2.24) is 20.9 Å². The Balaban J connectivity index is 0.00000512. The topological polar surface area (TPSA) is 87.2 Å². The summed E-state index contributed by atoms with van der Waals surface area (Å²) in [6.45, 7) is 10.5. The van der Waals surface area contributed by atoms with E-state index in [2.05, 4.69) is 34.7 Å². The fourth-order valence-electron chi connectivity index (χ4n) is 3.42. The molecule has 1 heterocycles. The number of rotatable bonds is 11. The van der Waals surface area contributed by atoms with Crippen molar-refractivity contribution in [1.29, 1.82) is 0 Å². The lowest BCUT2D eigenvalue weighted by Crippen LogP contribution is -2.50. The van der Waals surface area contributed by atoms with Crippen LogP contribution < -0.4 is 25.4 Å². The standard InChI is InChI=1S/C23H39N5O3.HI/c1-5-13-25-22(29)17-28-14-11-19(12-15-28)27-23(24-6-2)26-16-18(3)31-21-9-7-20(30-4)8-10-21;/h7-10,18-19H,5-6,11-17H2,1-4H3,(H,25,29)(H2,24,26,27);1H. The predicted molar refractivity (Wildman–Crippen MR) is 140 cm³/mol. The number of carbonyl (C=O) groups excluding carboxylic acids is 1. The van der Waals surface area contributed by atoms with Crippen molar-refractivity contribution in [2.24, 2.45) is 4.99 Å². The minimum Gasteiger partial charge on any atom is -0.497 e. The minimum absolute atomic E-state index is 0. The van der Waals surface area contributed by atoms with E-state index in [0.29, 0.717) is 19.1 Å². The molecule has 1 aromatic rings. The summed E-state index contributed by atoms with van der Waals surface area (Å²) in [7, 11) is 1.65. The summed E-state index contributed by atoms with van der Waals surface area (Å²) in [4.78, 5) is 18.8. The maximum Gasteiger partial charge on any atom is 0.234 e. The van der Waals surface area contributed by atoms with Crippen LogP contribution in [0, 0.1) is 0 Å². The number of benzene rings is 1. The van der Waals surface area contributed by atoms with E-state index >= 15 is 0 Å². The third-order valence-electron chi connectivity index (χ3n) is 5.12. The second kappa shape index (κ2) is 16.0. The lowest BCUT2D eigenvalue weighted by Gasteiger charge is -2.32. The molecule has 0 radical (unpaired) electrons. The van der Waals surface area contributed by atoms with Crippen LogP contribution in [0.2, 0.25) is 0 Å². The van der Waals surface area contributed by atoms with Gasteiger partial charge in [0.15, 0.2) is 5.96 Å². The van der Waals surface area contributed by atoms with Gasteiger partial charge in [-0.1, -0.05) is 6.92 Å². The molecule has 1 amide bonds. The highest BCUT2D eigenvalue weighted by Crippen LogP contribution is 2.18. The molecule has 2 rings (SSSR count). The van der Waals surface area contributed by atoms with Crippen LogP contribution in [0.5, 0.6) is 11.5 Å². The molecule has 0 spiro atoms. The average molecular weight is 562 g/mol. The first kappa shape index (κ1) is 28.3. The molecule has 32 heavy (non-hydrogen) atoms. The molecule has 8 nitrogen and oxygen atoms in total. The third-order valence-corrected chi connectivity index (χ3v) is 5.12. The molecule has 0 saturated carbocycles. The molecule has 1 aliphatic heterocycles. The summed E-state index contributed by atoms with van der Waals surface area (Å²) in [5.74, 6) is 2.54. The van der Waals surface area contributed by atoms with Gasteiger partial charge in [0.2, 0.25) is 5.91 Å². The largest absolute Gasteiger partial charge is 0.497 e. The van der Waals surface area contributed by atoms with Gasteiger partial charge in [-0.3, -0.25) is 9.69 Å². The van der Waals surface area contributed by atoms with Crippen molar-refractivity contribution in [2.45, 2.75) is 52.2 Å². The first-order chi connectivity index (χ1) is 15.0. The Morgan fingerprint density at radius 2 is 1.81 bits per heavy atom. The highest BCUT2D eigenvalue weighted by Gasteiger charge is 2.21. The quantitative estimate of drug-likeness (QED) is 0.219. The molecule has 1 aromatic carbocycles. The van der Waals surface area contributed by atoms with E-state index in [0.717, 1.165) is 62.9 Å². The van der Waals surface area contributed by atoms with Crippen molar-refractivity contribution in [3.63, 3.8) is 0 Å². The predicted octanol–water partition coefficient (Wildman–Crippen LogP) is 2.63. The molecular weight excluding hydrogens is 521 g/mol. The van der Waals surface area contributed by atoms with Gasteiger partial charge in [0, 0.05) is 32.2 Å². The van der Waals surface area contributed by atoms with E-state index < -0.39 is 0 Å². The Morgan fingerprint density at radius 1 is 1.16 bits per heavy atom. The minimum atomic E-state index is -0.0488. The normalized spacial score (nSPS) is 15.9.